The Hall–Kier alpha value is -0.310. The standard InChI is InChI=1S/C9H8O3S.Na/c10-13(11,12)8-4-7-9-5-2-1-3-6-9;/h1-3,5-6H,8H2,(H,10,11,12);/q;+1/p-1. The molecule has 0 N–H and O–H groups in total. The van der Waals surface area contributed by atoms with E-state index in [1.165, 1.54) is 0 Å². The predicted molar refractivity (Wildman–Crippen MR) is 47.9 cm³/mol. The van der Waals surface area contributed by atoms with Gasteiger partial charge in [0.05, 0.1) is 5.75 Å². The van der Waals surface area contributed by atoms with Gasteiger partial charge in [-0.05, 0) is 12.1 Å². The van der Waals surface area contributed by atoms with Crippen molar-refractivity contribution in [3.63, 3.8) is 0 Å². The molecule has 0 aromatic heterocycles. The second-order valence-corrected chi connectivity index (χ2v) is 3.77. The molecule has 0 spiro atoms. The maximum atomic E-state index is 10.2. The van der Waals surface area contributed by atoms with Crippen molar-refractivity contribution in [3.8, 4) is 11.8 Å². The summed E-state index contributed by atoms with van der Waals surface area (Å²) >= 11 is 0. The molecule has 0 radical (unpaired) electrons. The second-order valence-electron chi connectivity index (χ2n) is 2.37. The molecule has 1 aromatic carbocycles. The van der Waals surface area contributed by atoms with Crippen LogP contribution in [0.3, 0.4) is 0 Å². The summed E-state index contributed by atoms with van der Waals surface area (Å²) in [5.41, 5.74) is 0.700. The van der Waals surface area contributed by atoms with Crippen LogP contribution < -0.4 is 29.6 Å². The molecule has 0 unspecified atom stereocenters. The normalized spacial score (nSPS) is 9.50. The van der Waals surface area contributed by atoms with E-state index < -0.39 is 15.9 Å². The van der Waals surface area contributed by atoms with Crippen molar-refractivity contribution in [1.29, 1.82) is 0 Å². The van der Waals surface area contributed by atoms with Gasteiger partial charge in [-0.15, -0.1) is 0 Å². The van der Waals surface area contributed by atoms with E-state index in [-0.39, 0.29) is 29.6 Å². The molecule has 0 saturated carbocycles. The summed E-state index contributed by atoms with van der Waals surface area (Å²) in [5, 5.41) is 0. The molecular weight excluding hydrogens is 211 g/mol. The first-order valence-corrected chi connectivity index (χ1v) is 5.13. The van der Waals surface area contributed by atoms with E-state index in [0.717, 1.165) is 0 Å². The van der Waals surface area contributed by atoms with Crippen LogP contribution in [-0.2, 0) is 10.1 Å². The first-order valence-electron chi connectivity index (χ1n) is 3.55. The van der Waals surface area contributed by atoms with Crippen molar-refractivity contribution < 1.29 is 42.5 Å². The van der Waals surface area contributed by atoms with Crippen LogP contribution >= 0.6 is 0 Å². The maximum Gasteiger partial charge on any atom is 1.00 e. The number of hydrogen-bond donors (Lipinski definition) is 0. The summed E-state index contributed by atoms with van der Waals surface area (Å²) in [5.74, 6) is 4.23. The van der Waals surface area contributed by atoms with Crippen molar-refractivity contribution in [3.05, 3.63) is 35.9 Å². The van der Waals surface area contributed by atoms with E-state index in [1.807, 2.05) is 6.07 Å². The molecule has 1 aromatic rings. The molecule has 3 nitrogen and oxygen atoms in total. The molecule has 0 aliphatic rings. The summed E-state index contributed by atoms with van der Waals surface area (Å²) in [4.78, 5) is 0. The Kier molecular flexibility index (Phi) is 6.09. The number of hydrogen-bond acceptors (Lipinski definition) is 3. The van der Waals surface area contributed by atoms with Gasteiger partial charge in [0.15, 0.2) is 0 Å². The monoisotopic (exact) mass is 218 g/mol. The molecular formula is C9H7NaO3S. The van der Waals surface area contributed by atoms with Gasteiger partial charge >= 0.3 is 29.6 Å². The van der Waals surface area contributed by atoms with Gasteiger partial charge in [-0.1, -0.05) is 30.0 Å². The Morgan fingerprint density at radius 3 is 2.29 bits per heavy atom. The summed E-state index contributed by atoms with van der Waals surface area (Å²) < 4.78 is 30.5. The number of rotatable bonds is 1. The van der Waals surface area contributed by atoms with Crippen LogP contribution in [0.1, 0.15) is 5.56 Å². The van der Waals surface area contributed by atoms with E-state index in [0.29, 0.717) is 5.56 Å². The summed E-state index contributed by atoms with van der Waals surface area (Å²) in [6, 6.07) is 8.88. The molecule has 1 rings (SSSR count). The molecule has 0 aliphatic carbocycles. The zero-order valence-electron chi connectivity index (χ0n) is 7.73. The third kappa shape index (κ3) is 6.19. The van der Waals surface area contributed by atoms with E-state index in [1.54, 1.807) is 24.3 Å². The van der Waals surface area contributed by atoms with Crippen LogP contribution in [0, 0.1) is 11.8 Å². The first kappa shape index (κ1) is 13.7. The molecule has 5 heteroatoms. The molecule has 0 amide bonds. The van der Waals surface area contributed by atoms with Gasteiger partial charge in [-0.3, -0.25) is 0 Å². The molecule has 0 fully saturated rings. The van der Waals surface area contributed by atoms with E-state index in [2.05, 4.69) is 11.8 Å². The van der Waals surface area contributed by atoms with Crippen molar-refractivity contribution in [1.82, 2.24) is 0 Å². The minimum Gasteiger partial charge on any atom is -0.747 e. The fourth-order valence-electron chi connectivity index (χ4n) is 0.748. The Morgan fingerprint density at radius 1 is 1.21 bits per heavy atom. The van der Waals surface area contributed by atoms with Gasteiger partial charge in [0, 0.05) is 5.56 Å². The molecule has 0 saturated heterocycles. The average Bonchev–Trinajstić information content (AvgIpc) is 2.04. The smallest absolute Gasteiger partial charge is 0.747 e. The van der Waals surface area contributed by atoms with Crippen LogP contribution in [0.15, 0.2) is 30.3 Å². The molecule has 14 heavy (non-hydrogen) atoms. The van der Waals surface area contributed by atoms with Crippen molar-refractivity contribution >= 4 is 10.1 Å². The topological polar surface area (TPSA) is 57.2 Å². The largest absolute Gasteiger partial charge is 1.00 e. The van der Waals surface area contributed by atoms with Crippen LogP contribution in [0.5, 0.6) is 0 Å². The van der Waals surface area contributed by atoms with Gasteiger partial charge in [0.25, 0.3) is 0 Å². The fourth-order valence-corrected chi connectivity index (χ4v) is 0.997. The molecule has 0 aliphatic heterocycles. The van der Waals surface area contributed by atoms with Crippen LogP contribution in [-0.4, -0.2) is 18.7 Å². The minimum atomic E-state index is -4.22. The Bertz CT molecular complexity index is 428. The maximum absolute atomic E-state index is 10.2. The van der Waals surface area contributed by atoms with Gasteiger partial charge < -0.3 is 4.55 Å². The van der Waals surface area contributed by atoms with Crippen molar-refractivity contribution in [2.24, 2.45) is 0 Å². The molecule has 0 heterocycles. The second kappa shape index (κ2) is 6.23. The van der Waals surface area contributed by atoms with Crippen molar-refractivity contribution in [2.75, 3.05) is 5.75 Å². The summed E-state index contributed by atoms with van der Waals surface area (Å²) in [6.07, 6.45) is 0. The fraction of sp³-hybridized carbons (Fsp3) is 0.111. The van der Waals surface area contributed by atoms with Crippen LogP contribution in [0.2, 0.25) is 0 Å². The van der Waals surface area contributed by atoms with E-state index in [9.17, 15) is 13.0 Å². The minimum absolute atomic E-state index is 0. The summed E-state index contributed by atoms with van der Waals surface area (Å²) in [7, 11) is -4.22. The number of benzene rings is 1. The zero-order chi connectivity index (χ0) is 9.73. The third-order valence-electron chi connectivity index (χ3n) is 1.26. The molecule has 0 bridgehead atoms. The first-order chi connectivity index (χ1) is 6.08. The Labute approximate surface area is 106 Å². The quantitative estimate of drug-likeness (QED) is 0.300. The van der Waals surface area contributed by atoms with Gasteiger partial charge in [-0.25, -0.2) is 8.42 Å². The average molecular weight is 218 g/mol. The Balaban J connectivity index is 0.00000169. The van der Waals surface area contributed by atoms with Crippen LogP contribution in [0.25, 0.3) is 0 Å². The van der Waals surface area contributed by atoms with Gasteiger partial charge in [0.1, 0.15) is 10.1 Å². The van der Waals surface area contributed by atoms with Gasteiger partial charge in [-0.2, -0.15) is 0 Å². The van der Waals surface area contributed by atoms with Crippen molar-refractivity contribution in [2.45, 2.75) is 0 Å². The summed E-state index contributed by atoms with van der Waals surface area (Å²) in [6.45, 7) is 0. The van der Waals surface area contributed by atoms with E-state index in [4.69, 9.17) is 0 Å². The molecule has 68 valence electrons. The van der Waals surface area contributed by atoms with E-state index >= 15 is 0 Å². The predicted octanol–water partition coefficient (Wildman–Crippen LogP) is -2.41. The SMILES string of the molecule is O=S(=O)([O-])CC#Cc1ccccc1.[Na+]. The third-order valence-corrected chi connectivity index (χ3v) is 1.75. The van der Waals surface area contributed by atoms with Crippen LogP contribution in [0.4, 0.5) is 0 Å². The Morgan fingerprint density at radius 2 is 1.79 bits per heavy atom. The zero-order valence-corrected chi connectivity index (χ0v) is 10.5. The van der Waals surface area contributed by atoms with Gasteiger partial charge in [0.2, 0.25) is 0 Å². The molecule has 0 atom stereocenters.